The van der Waals surface area contributed by atoms with E-state index in [1.165, 1.54) is 49.7 Å². The molecule has 0 spiro atoms. The van der Waals surface area contributed by atoms with Crippen LogP contribution in [0.25, 0.3) is 22.3 Å². The van der Waals surface area contributed by atoms with Crippen molar-refractivity contribution < 1.29 is 13.5 Å². The second kappa shape index (κ2) is 11.5. The first-order valence-corrected chi connectivity index (χ1v) is 10.9. The minimum absolute atomic E-state index is 0.176. The summed E-state index contributed by atoms with van der Waals surface area (Å²) in [5.41, 5.74) is 5.75. The molecule has 0 fully saturated rings. The lowest BCUT2D eigenvalue weighted by atomic mass is 9.91. The molecule has 3 aromatic carbocycles. The molecule has 0 saturated heterocycles. The van der Waals surface area contributed by atoms with Gasteiger partial charge in [0.1, 0.15) is 5.75 Å². The number of hydrogen-bond acceptors (Lipinski definition) is 1. The van der Waals surface area contributed by atoms with Gasteiger partial charge in [0.2, 0.25) is 0 Å². The standard InChI is InChI=1S/C27H30F2O/c1-2-3-4-5-6-8-11-21-14-19-25(26(20-21)22-12-9-7-10-13-22)23-15-17-24(18-16-23)30-27(28)29/h7,9-10,12-20,27H,2-6,8,11H2,1H3. The number of alkyl halides is 2. The van der Waals surface area contributed by atoms with E-state index in [0.29, 0.717) is 0 Å². The van der Waals surface area contributed by atoms with Crippen molar-refractivity contribution >= 4 is 0 Å². The fraction of sp³-hybridized carbons (Fsp3) is 0.333. The molecule has 158 valence electrons. The Morgan fingerprint density at radius 3 is 2.07 bits per heavy atom. The first kappa shape index (κ1) is 22.0. The molecule has 0 N–H and O–H groups in total. The van der Waals surface area contributed by atoms with E-state index in [2.05, 4.69) is 42.0 Å². The van der Waals surface area contributed by atoms with Crippen molar-refractivity contribution in [2.24, 2.45) is 0 Å². The maximum Gasteiger partial charge on any atom is 0.387 e. The lowest BCUT2D eigenvalue weighted by molar-refractivity contribution is -0.0498. The number of unbranched alkanes of at least 4 members (excludes halogenated alkanes) is 5. The van der Waals surface area contributed by atoms with E-state index >= 15 is 0 Å². The van der Waals surface area contributed by atoms with E-state index in [-0.39, 0.29) is 5.75 Å². The minimum Gasteiger partial charge on any atom is -0.435 e. The van der Waals surface area contributed by atoms with Crippen molar-refractivity contribution in [3.05, 3.63) is 78.4 Å². The highest BCUT2D eigenvalue weighted by atomic mass is 19.3. The van der Waals surface area contributed by atoms with E-state index in [9.17, 15) is 8.78 Å². The van der Waals surface area contributed by atoms with Gasteiger partial charge in [0.05, 0.1) is 0 Å². The van der Waals surface area contributed by atoms with Gasteiger partial charge in [-0.15, -0.1) is 0 Å². The highest BCUT2D eigenvalue weighted by Crippen LogP contribution is 2.34. The molecular weight excluding hydrogens is 378 g/mol. The number of benzene rings is 3. The second-order valence-corrected chi connectivity index (χ2v) is 7.67. The van der Waals surface area contributed by atoms with Gasteiger partial charge in [-0.25, -0.2) is 0 Å². The summed E-state index contributed by atoms with van der Waals surface area (Å²) in [6.45, 7) is -0.566. The molecule has 0 unspecified atom stereocenters. The fourth-order valence-corrected chi connectivity index (χ4v) is 3.78. The van der Waals surface area contributed by atoms with E-state index < -0.39 is 6.61 Å². The molecule has 0 heterocycles. The summed E-state index contributed by atoms with van der Waals surface area (Å²) >= 11 is 0. The Morgan fingerprint density at radius 1 is 0.700 bits per heavy atom. The lowest BCUT2D eigenvalue weighted by Gasteiger charge is -2.14. The van der Waals surface area contributed by atoms with Crippen LogP contribution >= 0.6 is 0 Å². The van der Waals surface area contributed by atoms with Crippen LogP contribution in [0.5, 0.6) is 5.75 Å². The normalized spacial score (nSPS) is 11.1. The first-order valence-electron chi connectivity index (χ1n) is 10.9. The van der Waals surface area contributed by atoms with E-state index in [1.54, 1.807) is 12.1 Å². The molecule has 0 radical (unpaired) electrons. The van der Waals surface area contributed by atoms with Gasteiger partial charge in [0.15, 0.2) is 0 Å². The Labute approximate surface area is 178 Å². The zero-order chi connectivity index (χ0) is 21.2. The Morgan fingerprint density at radius 2 is 1.37 bits per heavy atom. The van der Waals surface area contributed by atoms with Crippen LogP contribution in [-0.4, -0.2) is 6.61 Å². The average Bonchev–Trinajstić information content (AvgIpc) is 2.77. The van der Waals surface area contributed by atoms with Crippen LogP contribution in [0.2, 0.25) is 0 Å². The van der Waals surface area contributed by atoms with Gasteiger partial charge < -0.3 is 4.74 Å². The summed E-state index contributed by atoms with van der Waals surface area (Å²) in [4.78, 5) is 0. The number of hydrogen-bond donors (Lipinski definition) is 0. The maximum atomic E-state index is 12.4. The van der Waals surface area contributed by atoms with E-state index in [4.69, 9.17) is 0 Å². The highest BCUT2D eigenvalue weighted by Gasteiger charge is 2.10. The zero-order valence-electron chi connectivity index (χ0n) is 17.6. The Hall–Kier alpha value is -2.68. The van der Waals surface area contributed by atoms with Crippen LogP contribution in [0.3, 0.4) is 0 Å². The third-order valence-corrected chi connectivity index (χ3v) is 5.38. The van der Waals surface area contributed by atoms with Crippen LogP contribution in [-0.2, 0) is 6.42 Å². The quantitative estimate of drug-likeness (QED) is 0.289. The van der Waals surface area contributed by atoms with E-state index in [0.717, 1.165) is 23.1 Å². The van der Waals surface area contributed by atoms with Gasteiger partial charge in [0, 0.05) is 0 Å². The van der Waals surface area contributed by atoms with Crippen molar-refractivity contribution in [2.45, 2.75) is 58.5 Å². The van der Waals surface area contributed by atoms with Gasteiger partial charge in [-0.1, -0.05) is 99.7 Å². The van der Waals surface area contributed by atoms with Crippen molar-refractivity contribution in [3.63, 3.8) is 0 Å². The molecule has 0 aliphatic heterocycles. The van der Waals surface area contributed by atoms with Gasteiger partial charge in [-0.05, 0) is 52.8 Å². The topological polar surface area (TPSA) is 9.23 Å². The van der Waals surface area contributed by atoms with Gasteiger partial charge in [-0.2, -0.15) is 8.78 Å². The van der Waals surface area contributed by atoms with Crippen molar-refractivity contribution in [1.82, 2.24) is 0 Å². The molecule has 0 amide bonds. The molecule has 1 nitrogen and oxygen atoms in total. The van der Waals surface area contributed by atoms with Crippen LogP contribution in [0.15, 0.2) is 72.8 Å². The molecular formula is C27H30F2O. The highest BCUT2D eigenvalue weighted by molar-refractivity contribution is 5.84. The number of aryl methyl sites for hydroxylation is 1. The molecule has 3 rings (SSSR count). The van der Waals surface area contributed by atoms with Crippen LogP contribution in [0, 0.1) is 0 Å². The number of rotatable bonds is 11. The van der Waals surface area contributed by atoms with E-state index in [1.807, 2.05) is 30.3 Å². The zero-order valence-corrected chi connectivity index (χ0v) is 17.6. The molecule has 0 saturated carbocycles. The Kier molecular flexibility index (Phi) is 8.43. The minimum atomic E-state index is -2.81. The average molecular weight is 409 g/mol. The van der Waals surface area contributed by atoms with Crippen LogP contribution in [0.1, 0.15) is 51.0 Å². The molecule has 0 aliphatic rings. The molecule has 0 atom stereocenters. The van der Waals surface area contributed by atoms with Gasteiger partial charge >= 0.3 is 6.61 Å². The van der Waals surface area contributed by atoms with Crippen molar-refractivity contribution in [3.8, 4) is 28.0 Å². The third kappa shape index (κ3) is 6.41. The number of ether oxygens (including phenoxy) is 1. The lowest BCUT2D eigenvalue weighted by Crippen LogP contribution is -2.01. The summed E-state index contributed by atoms with van der Waals surface area (Å²) in [7, 11) is 0. The first-order chi connectivity index (χ1) is 14.7. The van der Waals surface area contributed by atoms with Crippen molar-refractivity contribution in [2.75, 3.05) is 0 Å². The van der Waals surface area contributed by atoms with Crippen LogP contribution < -0.4 is 4.74 Å². The van der Waals surface area contributed by atoms with Crippen molar-refractivity contribution in [1.29, 1.82) is 0 Å². The smallest absolute Gasteiger partial charge is 0.387 e. The molecule has 0 bridgehead atoms. The summed E-state index contributed by atoms with van der Waals surface area (Å²) in [6.07, 6.45) is 8.80. The fourth-order valence-electron chi connectivity index (χ4n) is 3.78. The largest absolute Gasteiger partial charge is 0.435 e. The summed E-state index contributed by atoms with van der Waals surface area (Å²) in [5.74, 6) is 0.176. The molecule has 3 aromatic rings. The van der Waals surface area contributed by atoms with Gasteiger partial charge in [-0.3, -0.25) is 0 Å². The van der Waals surface area contributed by atoms with Gasteiger partial charge in [0.25, 0.3) is 0 Å². The summed E-state index contributed by atoms with van der Waals surface area (Å²) < 4.78 is 29.4. The predicted molar refractivity (Wildman–Crippen MR) is 121 cm³/mol. The molecule has 0 aromatic heterocycles. The maximum absolute atomic E-state index is 12.4. The summed E-state index contributed by atoms with van der Waals surface area (Å²) in [5, 5.41) is 0. The SMILES string of the molecule is CCCCCCCCc1ccc(-c2ccc(OC(F)F)cc2)c(-c2ccccc2)c1. The predicted octanol–water partition coefficient (Wildman–Crippen LogP) is 8.53. The van der Waals surface area contributed by atoms with Crippen LogP contribution in [0.4, 0.5) is 8.78 Å². The number of halogens is 2. The summed E-state index contributed by atoms with van der Waals surface area (Å²) in [6, 6.07) is 23.8. The monoisotopic (exact) mass is 408 g/mol. The Balaban J connectivity index is 1.80. The Bertz CT molecular complexity index is 888. The molecule has 3 heteroatoms. The molecule has 30 heavy (non-hydrogen) atoms. The molecule has 0 aliphatic carbocycles. The third-order valence-electron chi connectivity index (χ3n) is 5.38. The second-order valence-electron chi connectivity index (χ2n) is 7.67.